The van der Waals surface area contributed by atoms with Gasteiger partial charge in [0, 0.05) is 35.4 Å². The minimum absolute atomic E-state index is 0.184. The summed E-state index contributed by atoms with van der Waals surface area (Å²) in [7, 11) is 3.21. The van der Waals surface area contributed by atoms with E-state index in [-0.39, 0.29) is 5.91 Å². The molecule has 0 bridgehead atoms. The topological polar surface area (TPSA) is 81.2 Å². The van der Waals surface area contributed by atoms with Gasteiger partial charge in [0.05, 0.1) is 25.5 Å². The van der Waals surface area contributed by atoms with Gasteiger partial charge in [-0.05, 0) is 54.8 Å². The predicted octanol–water partition coefficient (Wildman–Crippen LogP) is 5.40. The number of aromatic nitrogens is 3. The Morgan fingerprint density at radius 3 is 2.61 bits per heavy atom. The molecular weight excluding hydrogens is 452 g/mol. The third-order valence-corrected chi connectivity index (χ3v) is 6.22. The number of methoxy groups -OCH3 is 2. The Hall–Kier alpha value is -4.52. The third-order valence-electron chi connectivity index (χ3n) is 6.22. The van der Waals surface area contributed by atoms with Crippen LogP contribution in [0.5, 0.6) is 11.5 Å². The average Bonchev–Trinajstić information content (AvgIpc) is 3.56. The Morgan fingerprint density at radius 1 is 1.00 bits per heavy atom. The minimum atomic E-state index is -0.184. The number of H-pyrrole nitrogens is 1. The Kier molecular flexibility index (Phi) is 6.71. The molecular formula is C29H28N4O3. The van der Waals surface area contributed by atoms with Gasteiger partial charge in [0.2, 0.25) is 0 Å². The molecule has 5 aromatic rings. The predicted molar refractivity (Wildman–Crippen MR) is 141 cm³/mol. The second-order valence-corrected chi connectivity index (χ2v) is 8.46. The Bertz CT molecular complexity index is 1490. The van der Waals surface area contributed by atoms with Gasteiger partial charge in [-0.1, -0.05) is 36.4 Å². The van der Waals surface area contributed by atoms with Crippen LogP contribution in [0.1, 0.15) is 22.3 Å². The summed E-state index contributed by atoms with van der Waals surface area (Å²) in [5.41, 5.74) is 4.93. The number of benzene rings is 3. The molecule has 182 valence electrons. The first-order valence-electron chi connectivity index (χ1n) is 11.9. The summed E-state index contributed by atoms with van der Waals surface area (Å²) in [6.45, 7) is 0.545. The van der Waals surface area contributed by atoms with E-state index in [1.165, 1.54) is 10.9 Å². The van der Waals surface area contributed by atoms with E-state index in [0.29, 0.717) is 34.9 Å². The van der Waals surface area contributed by atoms with Gasteiger partial charge in [-0.25, -0.2) is 4.68 Å². The lowest BCUT2D eigenvalue weighted by Gasteiger charge is -2.10. The molecule has 1 amide bonds. The van der Waals surface area contributed by atoms with E-state index >= 15 is 0 Å². The fourth-order valence-corrected chi connectivity index (χ4v) is 4.37. The van der Waals surface area contributed by atoms with Gasteiger partial charge >= 0.3 is 0 Å². The molecule has 5 rings (SSSR count). The van der Waals surface area contributed by atoms with E-state index in [2.05, 4.69) is 22.4 Å². The number of fused-ring (bicyclic) bond motifs is 1. The smallest absolute Gasteiger partial charge is 0.255 e. The highest BCUT2D eigenvalue weighted by molar-refractivity contribution is 6.00. The van der Waals surface area contributed by atoms with Crippen LogP contribution >= 0.6 is 0 Å². The highest BCUT2D eigenvalue weighted by atomic mass is 16.5. The molecule has 0 atom stereocenters. The summed E-state index contributed by atoms with van der Waals surface area (Å²) in [4.78, 5) is 16.7. The molecule has 0 fully saturated rings. The van der Waals surface area contributed by atoms with Gasteiger partial charge < -0.3 is 19.8 Å². The number of ether oxygens (including phenoxy) is 2. The summed E-state index contributed by atoms with van der Waals surface area (Å²) >= 11 is 0. The lowest BCUT2D eigenvalue weighted by Crippen LogP contribution is -2.25. The molecule has 7 heteroatoms. The zero-order valence-corrected chi connectivity index (χ0v) is 20.3. The van der Waals surface area contributed by atoms with E-state index < -0.39 is 0 Å². The second-order valence-electron chi connectivity index (χ2n) is 8.46. The number of aromatic amines is 1. The zero-order valence-electron chi connectivity index (χ0n) is 20.3. The van der Waals surface area contributed by atoms with E-state index in [4.69, 9.17) is 14.6 Å². The van der Waals surface area contributed by atoms with Crippen molar-refractivity contribution in [1.29, 1.82) is 0 Å². The van der Waals surface area contributed by atoms with E-state index in [9.17, 15) is 4.79 Å². The van der Waals surface area contributed by atoms with E-state index in [1.807, 2.05) is 66.9 Å². The van der Waals surface area contributed by atoms with Crippen LogP contribution in [0, 0.1) is 0 Å². The number of nitrogens with zero attached hydrogens (tertiary/aromatic N) is 2. The van der Waals surface area contributed by atoms with Crippen molar-refractivity contribution in [2.45, 2.75) is 12.8 Å². The summed E-state index contributed by atoms with van der Waals surface area (Å²) in [6, 6.07) is 23.4. The molecule has 0 aliphatic carbocycles. The number of rotatable bonds is 9. The van der Waals surface area contributed by atoms with Crippen LogP contribution in [0.25, 0.3) is 27.8 Å². The van der Waals surface area contributed by atoms with Crippen molar-refractivity contribution in [2.24, 2.45) is 0 Å². The minimum Gasteiger partial charge on any atom is -0.497 e. The molecule has 0 saturated carbocycles. The zero-order chi connectivity index (χ0) is 24.9. The number of aryl methyl sites for hydroxylation is 1. The fraction of sp³-hybridized carbons (Fsp3) is 0.172. The van der Waals surface area contributed by atoms with Gasteiger partial charge in [0.25, 0.3) is 5.91 Å². The maximum Gasteiger partial charge on any atom is 0.255 e. The molecule has 0 aliphatic heterocycles. The third kappa shape index (κ3) is 4.68. The first kappa shape index (κ1) is 23.2. The Labute approximate surface area is 209 Å². The molecule has 0 spiro atoms. The number of hydrogen-bond donors (Lipinski definition) is 2. The van der Waals surface area contributed by atoms with E-state index in [1.54, 1.807) is 25.1 Å². The van der Waals surface area contributed by atoms with E-state index in [0.717, 1.165) is 24.0 Å². The Morgan fingerprint density at radius 2 is 1.81 bits per heavy atom. The average molecular weight is 481 g/mol. The normalized spacial score (nSPS) is 10.9. The number of carbonyl (C=O) groups is 1. The SMILES string of the molecule is COc1ccc(OC)c(-c2nn(-c3ccccc3)cc2C(=O)NCCCc2c[nH]c3ccccc23)c1. The Balaban J connectivity index is 1.39. The maximum atomic E-state index is 13.4. The quantitative estimate of drug-likeness (QED) is 0.277. The molecule has 3 aromatic carbocycles. The lowest BCUT2D eigenvalue weighted by molar-refractivity contribution is 0.0954. The molecule has 2 heterocycles. The highest BCUT2D eigenvalue weighted by Gasteiger charge is 2.22. The largest absolute Gasteiger partial charge is 0.497 e. The number of para-hydroxylation sites is 2. The van der Waals surface area contributed by atoms with Crippen molar-refractivity contribution >= 4 is 16.8 Å². The summed E-state index contributed by atoms with van der Waals surface area (Å²) in [5.74, 6) is 1.09. The molecule has 7 nitrogen and oxygen atoms in total. The summed E-state index contributed by atoms with van der Waals surface area (Å²) in [5, 5.41) is 9.07. The van der Waals surface area contributed by atoms with Gasteiger partial charge in [0.1, 0.15) is 17.2 Å². The maximum absolute atomic E-state index is 13.4. The highest BCUT2D eigenvalue weighted by Crippen LogP contribution is 2.35. The summed E-state index contributed by atoms with van der Waals surface area (Å²) < 4.78 is 12.7. The fourth-order valence-electron chi connectivity index (χ4n) is 4.37. The monoisotopic (exact) mass is 480 g/mol. The number of nitrogens with one attached hydrogen (secondary N) is 2. The first-order valence-corrected chi connectivity index (χ1v) is 11.9. The summed E-state index contributed by atoms with van der Waals surface area (Å²) in [6.07, 6.45) is 5.49. The van der Waals surface area contributed by atoms with Crippen LogP contribution < -0.4 is 14.8 Å². The first-order chi connectivity index (χ1) is 17.7. The standard InChI is InChI=1S/C29H28N4O3/c1-35-22-14-15-27(36-2)24(17-22)28-25(19-33(32-28)21-10-4-3-5-11-21)29(34)30-16-8-9-20-18-31-26-13-7-6-12-23(20)26/h3-7,10-15,17-19,31H,8-9,16H2,1-2H3,(H,30,34). The van der Waals surface area contributed by atoms with Gasteiger partial charge in [-0.15, -0.1) is 0 Å². The van der Waals surface area contributed by atoms with Crippen LogP contribution in [-0.2, 0) is 6.42 Å². The van der Waals surface area contributed by atoms with Crippen molar-refractivity contribution in [2.75, 3.05) is 20.8 Å². The van der Waals surface area contributed by atoms with Gasteiger partial charge in [0.15, 0.2) is 0 Å². The van der Waals surface area contributed by atoms with Gasteiger partial charge in [-0.2, -0.15) is 5.10 Å². The van der Waals surface area contributed by atoms with Crippen molar-refractivity contribution < 1.29 is 14.3 Å². The molecule has 0 aliphatic rings. The molecule has 36 heavy (non-hydrogen) atoms. The molecule has 2 N–H and O–H groups in total. The van der Waals surface area contributed by atoms with Crippen LogP contribution in [-0.4, -0.2) is 41.4 Å². The molecule has 2 aromatic heterocycles. The van der Waals surface area contributed by atoms with Crippen LogP contribution in [0.2, 0.25) is 0 Å². The number of amides is 1. The molecule has 0 saturated heterocycles. The number of hydrogen-bond acceptors (Lipinski definition) is 4. The second kappa shape index (κ2) is 10.4. The van der Waals surface area contributed by atoms with Crippen LogP contribution in [0.3, 0.4) is 0 Å². The van der Waals surface area contributed by atoms with Crippen LogP contribution in [0.15, 0.2) is 85.2 Å². The number of carbonyl (C=O) groups excluding carboxylic acids is 1. The van der Waals surface area contributed by atoms with Crippen molar-refractivity contribution in [1.82, 2.24) is 20.1 Å². The molecule has 0 radical (unpaired) electrons. The van der Waals surface area contributed by atoms with Crippen molar-refractivity contribution in [3.63, 3.8) is 0 Å². The lowest BCUT2D eigenvalue weighted by atomic mass is 10.1. The van der Waals surface area contributed by atoms with Gasteiger partial charge in [-0.3, -0.25) is 4.79 Å². The molecule has 0 unspecified atom stereocenters. The van der Waals surface area contributed by atoms with Crippen molar-refractivity contribution in [3.8, 4) is 28.4 Å². The van der Waals surface area contributed by atoms with Crippen molar-refractivity contribution in [3.05, 3.63) is 96.3 Å². The van der Waals surface area contributed by atoms with Crippen LogP contribution in [0.4, 0.5) is 0 Å².